The molecule has 1 N–H and O–H groups in total. The Kier molecular flexibility index (Phi) is 4.15. The first kappa shape index (κ1) is 11.6. The lowest BCUT2D eigenvalue weighted by Gasteiger charge is -2.06. The summed E-state index contributed by atoms with van der Waals surface area (Å²) in [7, 11) is 0. The lowest BCUT2D eigenvalue weighted by molar-refractivity contribution is 0.151. The van der Waals surface area contributed by atoms with Crippen molar-refractivity contribution in [2.75, 3.05) is 13.2 Å². The molecule has 0 radical (unpaired) electrons. The molecule has 0 bridgehead atoms. The molecule has 1 heterocycles. The first-order chi connectivity index (χ1) is 7.13. The van der Waals surface area contributed by atoms with Gasteiger partial charge in [0, 0.05) is 12.2 Å². The van der Waals surface area contributed by atoms with E-state index >= 15 is 0 Å². The molecule has 0 unspecified atom stereocenters. The molecule has 0 saturated carbocycles. The fourth-order valence-corrected chi connectivity index (χ4v) is 1.35. The Morgan fingerprint density at radius 2 is 2.33 bits per heavy atom. The minimum atomic E-state index is -0.376. The lowest BCUT2D eigenvalue weighted by atomic mass is 10.4. The van der Waals surface area contributed by atoms with Crippen LogP contribution in [0.2, 0.25) is 0 Å². The Hall–Kier alpha value is -1.52. The average molecular weight is 211 g/mol. The summed E-state index contributed by atoms with van der Waals surface area (Å²) in [5, 5.41) is 6.92. The smallest absolute Gasteiger partial charge is 0.407 e. The van der Waals surface area contributed by atoms with Crippen LogP contribution in [0.1, 0.15) is 18.3 Å². The van der Waals surface area contributed by atoms with E-state index in [0.717, 1.165) is 11.4 Å². The van der Waals surface area contributed by atoms with Crippen molar-refractivity contribution in [2.45, 2.75) is 27.3 Å². The number of aromatic nitrogens is 2. The van der Waals surface area contributed by atoms with Crippen molar-refractivity contribution in [3.63, 3.8) is 0 Å². The molecule has 0 aliphatic carbocycles. The van der Waals surface area contributed by atoms with Gasteiger partial charge in [0.15, 0.2) is 0 Å². The maximum absolute atomic E-state index is 11.0. The molecule has 1 amide bonds. The standard InChI is InChI=1S/C10H17N3O2/c1-4-15-10(14)11-5-6-13-9(3)7-8(2)12-13/h7H,4-6H2,1-3H3,(H,11,14). The summed E-state index contributed by atoms with van der Waals surface area (Å²) in [6.45, 7) is 7.30. The molecule has 0 atom stereocenters. The van der Waals surface area contributed by atoms with Crippen molar-refractivity contribution >= 4 is 6.09 Å². The third-order valence-corrected chi connectivity index (χ3v) is 1.97. The zero-order valence-electron chi connectivity index (χ0n) is 9.41. The van der Waals surface area contributed by atoms with Crippen molar-refractivity contribution < 1.29 is 9.53 Å². The number of alkyl carbamates (subject to hydrolysis) is 1. The van der Waals surface area contributed by atoms with Gasteiger partial charge in [-0.05, 0) is 26.8 Å². The van der Waals surface area contributed by atoms with Gasteiger partial charge in [-0.1, -0.05) is 0 Å². The number of aryl methyl sites for hydroxylation is 2. The van der Waals surface area contributed by atoms with Gasteiger partial charge in [0.1, 0.15) is 0 Å². The van der Waals surface area contributed by atoms with Gasteiger partial charge in [0.05, 0.1) is 18.8 Å². The molecule has 1 aromatic rings. The highest BCUT2D eigenvalue weighted by Crippen LogP contribution is 2.00. The quantitative estimate of drug-likeness (QED) is 0.815. The number of carbonyl (C=O) groups is 1. The number of nitrogens with one attached hydrogen (secondary N) is 1. The Bertz CT molecular complexity index is 333. The highest BCUT2D eigenvalue weighted by Gasteiger charge is 2.02. The van der Waals surface area contributed by atoms with E-state index < -0.39 is 0 Å². The van der Waals surface area contributed by atoms with Gasteiger partial charge >= 0.3 is 6.09 Å². The lowest BCUT2D eigenvalue weighted by Crippen LogP contribution is -2.28. The fourth-order valence-electron chi connectivity index (χ4n) is 1.35. The first-order valence-corrected chi connectivity index (χ1v) is 5.05. The fraction of sp³-hybridized carbons (Fsp3) is 0.600. The molecule has 0 saturated heterocycles. The zero-order valence-corrected chi connectivity index (χ0v) is 9.41. The van der Waals surface area contributed by atoms with E-state index in [-0.39, 0.29) is 6.09 Å². The van der Waals surface area contributed by atoms with E-state index in [4.69, 9.17) is 4.74 Å². The first-order valence-electron chi connectivity index (χ1n) is 5.05. The van der Waals surface area contributed by atoms with Crippen molar-refractivity contribution in [1.82, 2.24) is 15.1 Å². The van der Waals surface area contributed by atoms with Crippen LogP contribution < -0.4 is 5.32 Å². The van der Waals surface area contributed by atoms with E-state index in [2.05, 4.69) is 10.4 Å². The van der Waals surface area contributed by atoms with E-state index in [0.29, 0.717) is 19.7 Å². The number of ether oxygens (including phenoxy) is 1. The molecule has 0 spiro atoms. The molecule has 0 aliphatic heterocycles. The van der Waals surface area contributed by atoms with Crippen LogP contribution in [-0.2, 0) is 11.3 Å². The van der Waals surface area contributed by atoms with Gasteiger partial charge in [0.25, 0.3) is 0 Å². The Morgan fingerprint density at radius 1 is 1.60 bits per heavy atom. The normalized spacial score (nSPS) is 10.1. The minimum absolute atomic E-state index is 0.376. The van der Waals surface area contributed by atoms with Crippen LogP contribution in [-0.4, -0.2) is 29.0 Å². The summed E-state index contributed by atoms with van der Waals surface area (Å²) in [6.07, 6.45) is -0.376. The molecule has 84 valence electrons. The largest absolute Gasteiger partial charge is 0.450 e. The Morgan fingerprint density at radius 3 is 2.87 bits per heavy atom. The third kappa shape index (κ3) is 3.61. The topological polar surface area (TPSA) is 56.1 Å². The molecule has 5 heteroatoms. The number of rotatable bonds is 4. The van der Waals surface area contributed by atoms with Gasteiger partial charge in [-0.15, -0.1) is 0 Å². The van der Waals surface area contributed by atoms with Crippen LogP contribution in [0.3, 0.4) is 0 Å². The van der Waals surface area contributed by atoms with Crippen LogP contribution in [0.5, 0.6) is 0 Å². The van der Waals surface area contributed by atoms with Gasteiger partial charge in [0.2, 0.25) is 0 Å². The summed E-state index contributed by atoms with van der Waals surface area (Å²) in [5.74, 6) is 0. The summed E-state index contributed by atoms with van der Waals surface area (Å²) in [4.78, 5) is 11.0. The summed E-state index contributed by atoms with van der Waals surface area (Å²) < 4.78 is 6.60. The number of amides is 1. The maximum Gasteiger partial charge on any atom is 0.407 e. The molecular formula is C10H17N3O2. The maximum atomic E-state index is 11.0. The molecule has 15 heavy (non-hydrogen) atoms. The minimum Gasteiger partial charge on any atom is -0.450 e. The van der Waals surface area contributed by atoms with Crippen LogP contribution in [0.15, 0.2) is 6.07 Å². The van der Waals surface area contributed by atoms with Crippen LogP contribution >= 0.6 is 0 Å². The van der Waals surface area contributed by atoms with Gasteiger partial charge < -0.3 is 10.1 Å². The number of hydrogen-bond acceptors (Lipinski definition) is 3. The highest BCUT2D eigenvalue weighted by atomic mass is 16.5. The Balaban J connectivity index is 2.31. The number of hydrogen-bond donors (Lipinski definition) is 1. The SMILES string of the molecule is CCOC(=O)NCCn1nc(C)cc1C. The molecule has 0 aromatic carbocycles. The monoisotopic (exact) mass is 211 g/mol. The second kappa shape index (κ2) is 5.38. The van der Waals surface area contributed by atoms with Crippen LogP contribution in [0.25, 0.3) is 0 Å². The third-order valence-electron chi connectivity index (χ3n) is 1.97. The predicted molar refractivity (Wildman–Crippen MR) is 56.7 cm³/mol. The second-order valence-electron chi connectivity index (χ2n) is 3.30. The van der Waals surface area contributed by atoms with E-state index in [1.165, 1.54) is 0 Å². The van der Waals surface area contributed by atoms with Gasteiger partial charge in [-0.3, -0.25) is 4.68 Å². The van der Waals surface area contributed by atoms with E-state index in [1.54, 1.807) is 6.92 Å². The number of nitrogens with zero attached hydrogens (tertiary/aromatic N) is 2. The molecular weight excluding hydrogens is 194 g/mol. The van der Waals surface area contributed by atoms with Crippen molar-refractivity contribution in [1.29, 1.82) is 0 Å². The summed E-state index contributed by atoms with van der Waals surface area (Å²) in [5.41, 5.74) is 2.08. The zero-order chi connectivity index (χ0) is 11.3. The van der Waals surface area contributed by atoms with Crippen LogP contribution in [0, 0.1) is 13.8 Å². The molecule has 1 aromatic heterocycles. The van der Waals surface area contributed by atoms with Crippen molar-refractivity contribution in [3.8, 4) is 0 Å². The molecule has 5 nitrogen and oxygen atoms in total. The molecule has 1 rings (SSSR count). The summed E-state index contributed by atoms with van der Waals surface area (Å²) >= 11 is 0. The van der Waals surface area contributed by atoms with Crippen molar-refractivity contribution in [3.05, 3.63) is 17.5 Å². The van der Waals surface area contributed by atoms with Crippen molar-refractivity contribution in [2.24, 2.45) is 0 Å². The average Bonchev–Trinajstić information content (AvgIpc) is 2.46. The van der Waals surface area contributed by atoms with Gasteiger partial charge in [-0.2, -0.15) is 5.10 Å². The highest BCUT2D eigenvalue weighted by molar-refractivity contribution is 5.66. The summed E-state index contributed by atoms with van der Waals surface area (Å²) in [6, 6.07) is 2.00. The van der Waals surface area contributed by atoms with Gasteiger partial charge in [-0.25, -0.2) is 4.79 Å². The van der Waals surface area contributed by atoms with Crippen LogP contribution in [0.4, 0.5) is 4.79 Å². The Labute approximate surface area is 89.4 Å². The number of carbonyl (C=O) groups excluding carboxylic acids is 1. The molecule has 0 fully saturated rings. The van der Waals surface area contributed by atoms with E-state index in [1.807, 2.05) is 24.6 Å². The van der Waals surface area contributed by atoms with E-state index in [9.17, 15) is 4.79 Å². The second-order valence-corrected chi connectivity index (χ2v) is 3.30. The predicted octanol–water partition coefficient (Wildman–Crippen LogP) is 1.25. The molecule has 0 aliphatic rings.